The minimum absolute atomic E-state index is 0.190. The second-order valence-corrected chi connectivity index (χ2v) is 5.29. The van der Waals surface area contributed by atoms with Gasteiger partial charge < -0.3 is 0 Å². The highest BCUT2D eigenvalue weighted by Gasteiger charge is 2.31. The predicted molar refractivity (Wildman–Crippen MR) is 79.5 cm³/mol. The van der Waals surface area contributed by atoms with Crippen LogP contribution in [0.3, 0.4) is 0 Å². The fourth-order valence-electron chi connectivity index (χ4n) is 2.46. The summed E-state index contributed by atoms with van der Waals surface area (Å²) in [4.78, 5) is 15.6. The first-order chi connectivity index (χ1) is 9.65. The van der Waals surface area contributed by atoms with Gasteiger partial charge >= 0.3 is 6.03 Å². The van der Waals surface area contributed by atoms with Gasteiger partial charge in [-0.25, -0.2) is 9.79 Å². The standard InChI is InChI=1S/C16H17N3O/c1-12-7-9-16(10-8-12,19-14-17-15(20)18-14)11-13-5-3-2-4-6-13/h2-9H,10-11H2,1H3,(H2,17,18,19,20). The number of benzene rings is 1. The lowest BCUT2D eigenvalue weighted by molar-refractivity contribution is 0.243. The third-order valence-corrected chi connectivity index (χ3v) is 3.59. The Morgan fingerprint density at radius 1 is 1.25 bits per heavy atom. The maximum absolute atomic E-state index is 10.9. The molecule has 1 atom stereocenters. The molecule has 1 unspecified atom stereocenters. The zero-order valence-corrected chi connectivity index (χ0v) is 11.4. The van der Waals surface area contributed by atoms with E-state index < -0.39 is 0 Å². The van der Waals surface area contributed by atoms with Crippen LogP contribution in [0.5, 0.6) is 0 Å². The van der Waals surface area contributed by atoms with E-state index >= 15 is 0 Å². The molecule has 3 rings (SSSR count). The van der Waals surface area contributed by atoms with Gasteiger partial charge in [-0.2, -0.15) is 0 Å². The minimum Gasteiger partial charge on any atom is -0.278 e. The summed E-state index contributed by atoms with van der Waals surface area (Å²) in [5.74, 6) is 0.559. The zero-order valence-electron chi connectivity index (χ0n) is 11.4. The number of nitrogens with zero attached hydrogens (tertiary/aromatic N) is 1. The quantitative estimate of drug-likeness (QED) is 0.868. The van der Waals surface area contributed by atoms with E-state index in [0.717, 1.165) is 12.8 Å². The SMILES string of the molecule is CC1=CCC(Cc2ccccc2)(N=C2NC(=O)N2)C=C1. The molecule has 1 aromatic carbocycles. The number of urea groups is 1. The van der Waals surface area contributed by atoms with E-state index in [0.29, 0.717) is 5.96 Å². The number of hydrogen-bond acceptors (Lipinski definition) is 2. The van der Waals surface area contributed by atoms with Crippen molar-refractivity contribution in [1.82, 2.24) is 10.6 Å². The Labute approximate surface area is 118 Å². The van der Waals surface area contributed by atoms with Gasteiger partial charge in [0.2, 0.25) is 5.96 Å². The van der Waals surface area contributed by atoms with Crippen molar-refractivity contribution in [2.45, 2.75) is 25.3 Å². The molecular formula is C16H17N3O. The Balaban J connectivity index is 1.87. The third-order valence-electron chi connectivity index (χ3n) is 3.59. The van der Waals surface area contributed by atoms with Crippen LogP contribution in [-0.4, -0.2) is 17.5 Å². The molecule has 0 radical (unpaired) electrons. The summed E-state index contributed by atoms with van der Waals surface area (Å²) >= 11 is 0. The second kappa shape index (κ2) is 4.96. The van der Waals surface area contributed by atoms with E-state index in [4.69, 9.17) is 4.99 Å². The highest BCUT2D eigenvalue weighted by Crippen LogP contribution is 2.29. The van der Waals surface area contributed by atoms with Crippen molar-refractivity contribution >= 4 is 12.0 Å². The Kier molecular flexibility index (Phi) is 3.14. The van der Waals surface area contributed by atoms with Crippen molar-refractivity contribution in [3.05, 3.63) is 59.7 Å². The number of guanidine groups is 1. The molecule has 4 nitrogen and oxygen atoms in total. The van der Waals surface area contributed by atoms with Crippen molar-refractivity contribution in [2.75, 3.05) is 0 Å². The topological polar surface area (TPSA) is 53.5 Å². The number of carbonyl (C=O) groups is 1. The monoisotopic (exact) mass is 267 g/mol. The maximum Gasteiger partial charge on any atom is 0.328 e. The highest BCUT2D eigenvalue weighted by atomic mass is 16.2. The van der Waals surface area contributed by atoms with Gasteiger partial charge in [0.25, 0.3) is 0 Å². The van der Waals surface area contributed by atoms with Crippen LogP contribution >= 0.6 is 0 Å². The van der Waals surface area contributed by atoms with E-state index in [1.54, 1.807) is 0 Å². The van der Waals surface area contributed by atoms with Gasteiger partial charge in [-0.1, -0.05) is 54.1 Å². The molecule has 0 bridgehead atoms. The third kappa shape index (κ3) is 2.64. The molecule has 0 aromatic heterocycles. The van der Waals surface area contributed by atoms with E-state index in [-0.39, 0.29) is 11.6 Å². The van der Waals surface area contributed by atoms with Crippen LogP contribution in [0.2, 0.25) is 0 Å². The van der Waals surface area contributed by atoms with Crippen LogP contribution in [0.4, 0.5) is 4.79 Å². The summed E-state index contributed by atoms with van der Waals surface area (Å²) in [6.45, 7) is 2.08. The average Bonchev–Trinajstić information content (AvgIpc) is 2.42. The number of aliphatic imine (C=N–C) groups is 1. The highest BCUT2D eigenvalue weighted by molar-refractivity contribution is 6.14. The number of carbonyl (C=O) groups excluding carboxylic acids is 1. The molecule has 1 aliphatic carbocycles. The molecule has 4 heteroatoms. The van der Waals surface area contributed by atoms with Crippen LogP contribution in [0.25, 0.3) is 0 Å². The van der Waals surface area contributed by atoms with Crippen LogP contribution in [0.1, 0.15) is 18.9 Å². The number of amides is 2. The average molecular weight is 267 g/mol. The molecule has 2 N–H and O–H groups in total. The van der Waals surface area contributed by atoms with E-state index in [9.17, 15) is 4.79 Å². The van der Waals surface area contributed by atoms with Gasteiger partial charge in [0.05, 0.1) is 5.54 Å². The van der Waals surface area contributed by atoms with Gasteiger partial charge in [0.1, 0.15) is 0 Å². The fraction of sp³-hybridized carbons (Fsp3) is 0.250. The molecule has 1 aromatic rings. The van der Waals surface area contributed by atoms with E-state index in [1.165, 1.54) is 11.1 Å². The van der Waals surface area contributed by atoms with E-state index in [2.05, 4.69) is 47.9 Å². The van der Waals surface area contributed by atoms with Crippen molar-refractivity contribution < 1.29 is 4.79 Å². The molecule has 0 spiro atoms. The normalized spacial score (nSPS) is 24.4. The number of rotatable bonds is 3. The van der Waals surface area contributed by atoms with E-state index in [1.807, 2.05) is 18.2 Å². The molecular weight excluding hydrogens is 250 g/mol. The smallest absolute Gasteiger partial charge is 0.278 e. The number of allylic oxidation sites excluding steroid dienone is 2. The largest absolute Gasteiger partial charge is 0.328 e. The lowest BCUT2D eigenvalue weighted by atomic mass is 9.84. The molecule has 0 saturated carbocycles. The summed E-state index contributed by atoms with van der Waals surface area (Å²) in [6, 6.07) is 10.1. The zero-order chi connectivity index (χ0) is 14.0. The lowest BCUT2D eigenvalue weighted by Gasteiger charge is -2.31. The molecule has 2 aliphatic rings. The predicted octanol–water partition coefficient (Wildman–Crippen LogP) is 2.54. The lowest BCUT2D eigenvalue weighted by Crippen LogP contribution is -2.60. The molecule has 1 fully saturated rings. The summed E-state index contributed by atoms with van der Waals surface area (Å²) in [5, 5.41) is 5.31. The minimum atomic E-state index is -0.323. The number of nitrogens with one attached hydrogen (secondary N) is 2. The molecule has 20 heavy (non-hydrogen) atoms. The van der Waals surface area contributed by atoms with Gasteiger partial charge in [-0.15, -0.1) is 0 Å². The summed E-state index contributed by atoms with van der Waals surface area (Å²) < 4.78 is 0. The molecule has 102 valence electrons. The first kappa shape index (κ1) is 12.7. The van der Waals surface area contributed by atoms with Gasteiger partial charge in [0.15, 0.2) is 0 Å². The molecule has 1 aliphatic heterocycles. The maximum atomic E-state index is 10.9. The van der Waals surface area contributed by atoms with Crippen molar-refractivity contribution in [1.29, 1.82) is 0 Å². The van der Waals surface area contributed by atoms with Crippen molar-refractivity contribution in [2.24, 2.45) is 4.99 Å². The Morgan fingerprint density at radius 3 is 2.60 bits per heavy atom. The molecule has 1 heterocycles. The summed E-state index contributed by atoms with van der Waals surface area (Å²) in [5.41, 5.74) is 2.16. The Hall–Kier alpha value is -2.36. The summed E-state index contributed by atoms with van der Waals surface area (Å²) in [7, 11) is 0. The van der Waals surface area contributed by atoms with Crippen LogP contribution in [0, 0.1) is 0 Å². The molecule has 2 amide bonds. The number of hydrogen-bond donors (Lipinski definition) is 2. The second-order valence-electron chi connectivity index (χ2n) is 5.29. The van der Waals surface area contributed by atoms with Crippen LogP contribution in [0.15, 0.2) is 59.1 Å². The van der Waals surface area contributed by atoms with Crippen LogP contribution < -0.4 is 10.6 Å². The van der Waals surface area contributed by atoms with Gasteiger partial charge in [-0.3, -0.25) is 10.6 Å². The molecule has 1 saturated heterocycles. The van der Waals surface area contributed by atoms with Gasteiger partial charge in [0, 0.05) is 6.42 Å². The first-order valence-electron chi connectivity index (χ1n) is 6.73. The summed E-state index contributed by atoms with van der Waals surface area (Å²) in [6.07, 6.45) is 8.07. The Bertz CT molecular complexity index is 606. The van der Waals surface area contributed by atoms with Crippen molar-refractivity contribution in [3.8, 4) is 0 Å². The fourth-order valence-corrected chi connectivity index (χ4v) is 2.46. The van der Waals surface area contributed by atoms with Crippen LogP contribution in [-0.2, 0) is 6.42 Å². The van der Waals surface area contributed by atoms with Gasteiger partial charge in [-0.05, 0) is 18.9 Å². The van der Waals surface area contributed by atoms with Crippen molar-refractivity contribution in [3.63, 3.8) is 0 Å². The Morgan fingerprint density at radius 2 is 2.00 bits per heavy atom. The first-order valence-corrected chi connectivity index (χ1v) is 6.73.